The molecule has 1 amide bonds. The first kappa shape index (κ1) is 17.0. The zero-order valence-electron chi connectivity index (χ0n) is 11.9. The monoisotopic (exact) mass is 337 g/mol. The van der Waals surface area contributed by atoms with Gasteiger partial charge in [0.15, 0.2) is 12.9 Å². The zero-order valence-corrected chi connectivity index (χ0v) is 12.7. The summed E-state index contributed by atoms with van der Waals surface area (Å²) >= 11 is 0.352. The van der Waals surface area contributed by atoms with Crippen molar-refractivity contribution < 1.29 is 23.1 Å². The molecule has 0 saturated carbocycles. The highest BCUT2D eigenvalue weighted by Crippen LogP contribution is 2.31. The van der Waals surface area contributed by atoms with Crippen LogP contribution in [-0.2, 0) is 4.79 Å². The van der Waals surface area contributed by atoms with Gasteiger partial charge in [0.1, 0.15) is 5.75 Å². The first-order valence-corrected chi connectivity index (χ1v) is 7.49. The van der Waals surface area contributed by atoms with E-state index in [1.807, 2.05) is 0 Å². The predicted molar refractivity (Wildman–Crippen MR) is 84.3 cm³/mol. The minimum Gasteiger partial charge on any atom is -0.483 e. The van der Waals surface area contributed by atoms with Crippen LogP contribution < -0.4 is 10.1 Å². The van der Waals surface area contributed by atoms with Gasteiger partial charge in [-0.25, -0.2) is 0 Å². The molecule has 0 aliphatic heterocycles. The van der Waals surface area contributed by atoms with Crippen LogP contribution in [0.25, 0.3) is 0 Å². The summed E-state index contributed by atoms with van der Waals surface area (Å²) in [5, 5.41) is 2.52. The molecule has 0 heterocycles. The second-order valence-electron chi connectivity index (χ2n) is 4.37. The number of carbonyl (C=O) groups is 2. The average Bonchev–Trinajstić information content (AvgIpc) is 2.54. The van der Waals surface area contributed by atoms with Crippen molar-refractivity contribution in [2.45, 2.75) is 10.7 Å². The molecule has 0 fully saturated rings. The Morgan fingerprint density at radius 3 is 2.61 bits per heavy atom. The molecule has 2 aromatic rings. The largest absolute Gasteiger partial charge is 0.483 e. The number of amides is 1. The fourth-order valence-electron chi connectivity index (χ4n) is 1.81. The van der Waals surface area contributed by atoms with Gasteiger partial charge in [-0.3, -0.25) is 9.59 Å². The van der Waals surface area contributed by atoms with E-state index in [0.717, 1.165) is 0 Å². The van der Waals surface area contributed by atoms with Crippen LogP contribution in [0.4, 0.5) is 14.5 Å². The molecule has 0 aliphatic carbocycles. The molecule has 0 atom stereocenters. The summed E-state index contributed by atoms with van der Waals surface area (Å²) in [7, 11) is 0. The Kier molecular flexibility index (Phi) is 6.10. The van der Waals surface area contributed by atoms with E-state index in [1.165, 1.54) is 12.1 Å². The lowest BCUT2D eigenvalue weighted by atomic mass is 10.2. The van der Waals surface area contributed by atoms with Crippen LogP contribution >= 0.6 is 11.8 Å². The van der Waals surface area contributed by atoms with Gasteiger partial charge in [0.05, 0.1) is 11.3 Å². The van der Waals surface area contributed by atoms with Crippen LogP contribution in [0.15, 0.2) is 53.4 Å². The molecule has 0 saturated heterocycles. The van der Waals surface area contributed by atoms with Gasteiger partial charge in [0, 0.05) is 4.90 Å². The summed E-state index contributed by atoms with van der Waals surface area (Å²) in [6.45, 7) is -0.335. The molecule has 0 bridgehead atoms. The van der Waals surface area contributed by atoms with Gasteiger partial charge in [-0.2, -0.15) is 8.78 Å². The number of rotatable bonds is 7. The molecular formula is C16H13F2NO3S. The topological polar surface area (TPSA) is 55.4 Å². The zero-order chi connectivity index (χ0) is 16.7. The molecule has 2 aromatic carbocycles. The van der Waals surface area contributed by atoms with Gasteiger partial charge >= 0.3 is 0 Å². The summed E-state index contributed by atoms with van der Waals surface area (Å²) in [5.41, 5.74) is 0.615. The highest BCUT2D eigenvalue weighted by atomic mass is 32.2. The van der Waals surface area contributed by atoms with Crippen molar-refractivity contribution in [1.82, 2.24) is 0 Å². The van der Waals surface area contributed by atoms with Gasteiger partial charge in [0.2, 0.25) is 0 Å². The van der Waals surface area contributed by atoms with Gasteiger partial charge < -0.3 is 10.1 Å². The standard InChI is InChI=1S/C16H13F2NO3S/c17-16(18)23-14-8-4-2-6-12(14)19-15(21)10-22-13-7-3-1-5-11(13)9-20/h1-9,16H,10H2,(H,19,21). The number of hydrogen-bond donors (Lipinski definition) is 1. The van der Waals surface area contributed by atoms with Crippen LogP contribution in [0.5, 0.6) is 5.75 Å². The van der Waals surface area contributed by atoms with E-state index in [2.05, 4.69) is 5.32 Å². The maximum absolute atomic E-state index is 12.5. The second kappa shape index (κ2) is 8.28. The number of halogens is 2. The number of anilines is 1. The third kappa shape index (κ3) is 5.07. The van der Waals surface area contributed by atoms with Crippen LogP contribution in [0.3, 0.4) is 0 Å². The number of hydrogen-bond acceptors (Lipinski definition) is 4. The molecule has 0 spiro atoms. The molecule has 120 valence electrons. The van der Waals surface area contributed by atoms with Crippen molar-refractivity contribution in [2.75, 3.05) is 11.9 Å². The Hall–Kier alpha value is -2.41. The Morgan fingerprint density at radius 1 is 1.17 bits per heavy atom. The van der Waals surface area contributed by atoms with E-state index >= 15 is 0 Å². The number of thioether (sulfide) groups is 1. The second-order valence-corrected chi connectivity index (χ2v) is 5.40. The number of nitrogens with one attached hydrogen (secondary N) is 1. The van der Waals surface area contributed by atoms with E-state index in [0.29, 0.717) is 23.6 Å². The Labute approximate surface area is 135 Å². The lowest BCUT2D eigenvalue weighted by Crippen LogP contribution is -2.20. The van der Waals surface area contributed by atoms with E-state index in [9.17, 15) is 18.4 Å². The first-order chi connectivity index (χ1) is 11.1. The van der Waals surface area contributed by atoms with Crippen LogP contribution in [0.2, 0.25) is 0 Å². The van der Waals surface area contributed by atoms with E-state index in [-0.39, 0.29) is 22.9 Å². The number of alkyl halides is 2. The predicted octanol–water partition coefficient (Wildman–Crippen LogP) is 3.83. The Bertz CT molecular complexity index is 695. The maximum atomic E-state index is 12.5. The van der Waals surface area contributed by atoms with Crippen LogP contribution in [-0.4, -0.2) is 24.6 Å². The molecule has 0 unspecified atom stereocenters. The number of aldehydes is 1. The fourth-order valence-corrected chi connectivity index (χ4v) is 2.40. The van der Waals surface area contributed by atoms with Crippen LogP contribution in [0, 0.1) is 0 Å². The lowest BCUT2D eigenvalue weighted by molar-refractivity contribution is -0.118. The molecule has 7 heteroatoms. The van der Waals surface area contributed by atoms with Crippen molar-refractivity contribution in [3.63, 3.8) is 0 Å². The number of para-hydroxylation sites is 2. The normalized spacial score (nSPS) is 10.4. The van der Waals surface area contributed by atoms with Crippen LogP contribution in [0.1, 0.15) is 10.4 Å². The fraction of sp³-hybridized carbons (Fsp3) is 0.125. The van der Waals surface area contributed by atoms with Crippen molar-refractivity contribution in [1.29, 1.82) is 0 Å². The molecule has 0 radical (unpaired) electrons. The smallest absolute Gasteiger partial charge is 0.288 e. The van der Waals surface area contributed by atoms with Crippen molar-refractivity contribution >= 4 is 29.6 Å². The third-order valence-corrected chi connectivity index (χ3v) is 3.57. The molecule has 4 nitrogen and oxygen atoms in total. The molecule has 2 rings (SSSR count). The van der Waals surface area contributed by atoms with Gasteiger partial charge in [0.25, 0.3) is 11.7 Å². The quantitative estimate of drug-likeness (QED) is 0.616. The average molecular weight is 337 g/mol. The van der Waals surface area contributed by atoms with Gasteiger partial charge in [-0.05, 0) is 24.3 Å². The van der Waals surface area contributed by atoms with Gasteiger partial charge in [-0.1, -0.05) is 36.0 Å². The third-order valence-electron chi connectivity index (χ3n) is 2.78. The summed E-state index contributed by atoms with van der Waals surface area (Å²) < 4.78 is 30.3. The summed E-state index contributed by atoms with van der Waals surface area (Å²) in [5.74, 6) is -2.80. The van der Waals surface area contributed by atoms with Crippen molar-refractivity contribution in [3.05, 3.63) is 54.1 Å². The summed E-state index contributed by atoms with van der Waals surface area (Å²) in [6, 6.07) is 12.7. The minimum atomic E-state index is -2.58. The van der Waals surface area contributed by atoms with Gasteiger partial charge in [-0.15, -0.1) is 0 Å². The summed E-state index contributed by atoms with van der Waals surface area (Å²) in [4.78, 5) is 23.0. The highest BCUT2D eigenvalue weighted by molar-refractivity contribution is 7.99. The van der Waals surface area contributed by atoms with Crippen molar-refractivity contribution in [3.8, 4) is 5.75 Å². The maximum Gasteiger partial charge on any atom is 0.288 e. The van der Waals surface area contributed by atoms with E-state index in [1.54, 1.807) is 36.4 Å². The SMILES string of the molecule is O=Cc1ccccc1OCC(=O)Nc1ccccc1SC(F)F. The Morgan fingerprint density at radius 2 is 1.87 bits per heavy atom. The molecule has 0 aromatic heterocycles. The minimum absolute atomic E-state index is 0.268. The number of ether oxygens (including phenoxy) is 1. The van der Waals surface area contributed by atoms with E-state index < -0.39 is 11.7 Å². The molecule has 0 aliphatic rings. The first-order valence-electron chi connectivity index (χ1n) is 6.61. The number of carbonyl (C=O) groups excluding carboxylic acids is 2. The molecular weight excluding hydrogens is 324 g/mol. The Balaban J connectivity index is 1.99. The highest BCUT2D eigenvalue weighted by Gasteiger charge is 2.12. The molecule has 23 heavy (non-hydrogen) atoms. The lowest BCUT2D eigenvalue weighted by Gasteiger charge is -2.11. The number of benzene rings is 2. The van der Waals surface area contributed by atoms with Crippen molar-refractivity contribution in [2.24, 2.45) is 0 Å². The molecule has 1 N–H and O–H groups in total. The van der Waals surface area contributed by atoms with E-state index in [4.69, 9.17) is 4.74 Å². The summed E-state index contributed by atoms with van der Waals surface area (Å²) in [6.07, 6.45) is 0.627.